The zero-order valence-corrected chi connectivity index (χ0v) is 16.7. The van der Waals surface area contributed by atoms with Gasteiger partial charge in [0.25, 0.3) is 5.91 Å². The molecule has 4 N–H and O–H groups in total. The van der Waals surface area contributed by atoms with Gasteiger partial charge in [-0.2, -0.15) is 4.72 Å². The van der Waals surface area contributed by atoms with Crippen LogP contribution in [-0.4, -0.2) is 38.7 Å². The van der Waals surface area contributed by atoms with E-state index in [9.17, 15) is 13.2 Å². The summed E-state index contributed by atoms with van der Waals surface area (Å²) < 4.78 is 33.6. The highest BCUT2D eigenvalue weighted by molar-refractivity contribution is 7.89. The smallest absolute Gasteiger partial charge is 0.261 e. The van der Waals surface area contributed by atoms with Crippen molar-refractivity contribution in [1.29, 1.82) is 0 Å². The monoisotopic (exact) mass is 419 g/mol. The van der Waals surface area contributed by atoms with Crippen molar-refractivity contribution in [3.8, 4) is 11.5 Å². The first-order valence-corrected chi connectivity index (χ1v) is 11.0. The number of piperidine rings is 1. The molecule has 9 heteroatoms. The fraction of sp³-hybridized carbons (Fsp3) is 0.350. The summed E-state index contributed by atoms with van der Waals surface area (Å²) in [6.45, 7) is 1.65. The summed E-state index contributed by atoms with van der Waals surface area (Å²) in [5, 5.41) is 12.2. The molecule has 0 radical (unpaired) electrons. The largest absolute Gasteiger partial charge is 0.457 e. The zero-order chi connectivity index (χ0) is 20.7. The van der Waals surface area contributed by atoms with Crippen molar-refractivity contribution in [2.24, 2.45) is 5.92 Å². The molecular formula is C20H25N3O5S. The predicted octanol–water partition coefficient (Wildman–Crippen LogP) is 2.02. The minimum absolute atomic E-state index is 0.0129. The number of hydroxylamine groups is 1. The number of sulfonamides is 1. The van der Waals surface area contributed by atoms with Crippen LogP contribution in [-0.2, 0) is 14.8 Å². The van der Waals surface area contributed by atoms with Crippen LogP contribution in [0.25, 0.3) is 0 Å². The lowest BCUT2D eigenvalue weighted by Crippen LogP contribution is -2.47. The molecule has 1 aliphatic rings. The molecule has 2 aromatic carbocycles. The second-order valence-corrected chi connectivity index (χ2v) is 8.68. The molecular weight excluding hydrogens is 394 g/mol. The molecule has 0 aromatic heterocycles. The molecule has 0 spiro atoms. The van der Waals surface area contributed by atoms with Gasteiger partial charge in [-0.1, -0.05) is 18.2 Å². The van der Waals surface area contributed by atoms with Gasteiger partial charge in [-0.25, -0.2) is 13.9 Å². The normalized spacial score (nSPS) is 16.2. The van der Waals surface area contributed by atoms with E-state index in [1.807, 2.05) is 18.2 Å². The van der Waals surface area contributed by atoms with Gasteiger partial charge in [0.2, 0.25) is 10.0 Å². The van der Waals surface area contributed by atoms with E-state index in [0.717, 1.165) is 25.9 Å². The molecule has 1 atom stereocenters. The number of carbonyl (C=O) groups excluding carboxylic acids is 1. The highest BCUT2D eigenvalue weighted by Crippen LogP contribution is 2.23. The average molecular weight is 420 g/mol. The van der Waals surface area contributed by atoms with E-state index in [4.69, 9.17) is 9.94 Å². The summed E-state index contributed by atoms with van der Waals surface area (Å²) >= 11 is 0. The van der Waals surface area contributed by atoms with Crippen molar-refractivity contribution in [2.75, 3.05) is 13.1 Å². The van der Waals surface area contributed by atoms with Crippen LogP contribution in [0.15, 0.2) is 59.5 Å². The van der Waals surface area contributed by atoms with E-state index < -0.39 is 22.0 Å². The van der Waals surface area contributed by atoms with E-state index in [2.05, 4.69) is 10.0 Å². The van der Waals surface area contributed by atoms with Crippen LogP contribution in [0.1, 0.15) is 19.3 Å². The summed E-state index contributed by atoms with van der Waals surface area (Å²) in [7, 11) is -3.95. The van der Waals surface area contributed by atoms with Crippen LogP contribution in [0.4, 0.5) is 0 Å². The van der Waals surface area contributed by atoms with Crippen molar-refractivity contribution in [3.63, 3.8) is 0 Å². The first-order valence-electron chi connectivity index (χ1n) is 9.48. The molecule has 156 valence electrons. The lowest BCUT2D eigenvalue weighted by atomic mass is 9.91. The quantitative estimate of drug-likeness (QED) is 0.384. The van der Waals surface area contributed by atoms with Gasteiger partial charge in [0.1, 0.15) is 17.5 Å². The zero-order valence-electron chi connectivity index (χ0n) is 15.9. The molecule has 1 aliphatic heterocycles. The Bertz CT molecular complexity index is 897. The number of amides is 1. The van der Waals surface area contributed by atoms with Gasteiger partial charge < -0.3 is 10.1 Å². The maximum atomic E-state index is 12.7. The van der Waals surface area contributed by atoms with Crippen LogP contribution in [0, 0.1) is 5.92 Å². The number of hydrogen-bond acceptors (Lipinski definition) is 6. The standard InChI is InChI=1S/C20H25N3O5S/c24-20(22-25)19(14-15-10-12-21-13-11-15)23-29(26,27)18-8-6-17(7-9-18)28-16-4-2-1-3-5-16/h1-9,15,19,21,23,25H,10-14H2,(H,22,24)/t19-/m0/s1. The minimum Gasteiger partial charge on any atom is -0.457 e. The highest BCUT2D eigenvalue weighted by atomic mass is 32.2. The number of nitrogens with one attached hydrogen (secondary N) is 3. The summed E-state index contributed by atoms with van der Waals surface area (Å²) in [5.74, 6) is 0.566. The Morgan fingerprint density at radius 3 is 2.31 bits per heavy atom. The van der Waals surface area contributed by atoms with Gasteiger partial charge in [-0.3, -0.25) is 10.0 Å². The molecule has 8 nitrogen and oxygen atoms in total. The van der Waals surface area contributed by atoms with E-state index >= 15 is 0 Å². The van der Waals surface area contributed by atoms with Crippen LogP contribution in [0.2, 0.25) is 0 Å². The van der Waals surface area contributed by atoms with Crippen molar-refractivity contribution in [1.82, 2.24) is 15.5 Å². The van der Waals surface area contributed by atoms with Gasteiger partial charge in [-0.05, 0) is 74.7 Å². The summed E-state index contributed by atoms with van der Waals surface area (Å²) in [4.78, 5) is 12.0. The highest BCUT2D eigenvalue weighted by Gasteiger charge is 2.29. The Balaban J connectivity index is 1.69. The number of carbonyl (C=O) groups is 1. The molecule has 0 saturated carbocycles. The van der Waals surface area contributed by atoms with Gasteiger partial charge in [0.05, 0.1) is 4.90 Å². The topological polar surface area (TPSA) is 117 Å². The third kappa shape index (κ3) is 6.01. The summed E-state index contributed by atoms with van der Waals surface area (Å²) in [6, 6.07) is 14.0. The Kier molecular flexibility index (Phi) is 7.21. The Morgan fingerprint density at radius 2 is 1.69 bits per heavy atom. The average Bonchev–Trinajstić information content (AvgIpc) is 2.74. The van der Waals surface area contributed by atoms with E-state index in [-0.39, 0.29) is 10.8 Å². The maximum Gasteiger partial charge on any atom is 0.261 e. The van der Waals surface area contributed by atoms with E-state index in [1.165, 1.54) is 12.1 Å². The molecule has 1 heterocycles. The van der Waals surface area contributed by atoms with Crippen molar-refractivity contribution in [2.45, 2.75) is 30.2 Å². The van der Waals surface area contributed by atoms with Gasteiger partial charge in [0, 0.05) is 0 Å². The molecule has 2 aromatic rings. The molecule has 0 unspecified atom stereocenters. The van der Waals surface area contributed by atoms with E-state index in [0.29, 0.717) is 17.9 Å². The van der Waals surface area contributed by atoms with Gasteiger partial charge in [-0.15, -0.1) is 0 Å². The third-order valence-electron chi connectivity index (χ3n) is 4.86. The SMILES string of the molecule is O=C(NO)[C@H](CC1CCNCC1)NS(=O)(=O)c1ccc(Oc2ccccc2)cc1. The molecule has 1 amide bonds. The molecule has 1 saturated heterocycles. The summed E-state index contributed by atoms with van der Waals surface area (Å²) in [5.41, 5.74) is 1.56. The Hall–Kier alpha value is -2.46. The number of rotatable bonds is 8. The minimum atomic E-state index is -3.95. The molecule has 3 rings (SSSR count). The third-order valence-corrected chi connectivity index (χ3v) is 6.35. The molecule has 0 bridgehead atoms. The van der Waals surface area contributed by atoms with Crippen LogP contribution >= 0.6 is 0 Å². The summed E-state index contributed by atoms with van der Waals surface area (Å²) in [6.07, 6.45) is 2.02. The van der Waals surface area contributed by atoms with Crippen LogP contribution in [0.3, 0.4) is 0 Å². The van der Waals surface area contributed by atoms with E-state index in [1.54, 1.807) is 29.7 Å². The number of para-hydroxylation sites is 1. The number of ether oxygens (including phenoxy) is 1. The fourth-order valence-electron chi connectivity index (χ4n) is 3.30. The van der Waals surface area contributed by atoms with Crippen molar-refractivity contribution >= 4 is 15.9 Å². The lowest BCUT2D eigenvalue weighted by molar-refractivity contribution is -0.131. The molecule has 0 aliphatic carbocycles. The molecule has 1 fully saturated rings. The fourth-order valence-corrected chi connectivity index (χ4v) is 4.51. The second kappa shape index (κ2) is 9.84. The first-order chi connectivity index (χ1) is 14.0. The Labute approximate surface area is 170 Å². The van der Waals surface area contributed by atoms with Crippen LogP contribution < -0.4 is 20.3 Å². The second-order valence-electron chi connectivity index (χ2n) is 6.97. The van der Waals surface area contributed by atoms with Crippen LogP contribution in [0.5, 0.6) is 11.5 Å². The lowest BCUT2D eigenvalue weighted by Gasteiger charge is -2.26. The first kappa shape index (κ1) is 21.3. The maximum absolute atomic E-state index is 12.7. The number of hydrogen-bond donors (Lipinski definition) is 4. The number of benzene rings is 2. The Morgan fingerprint density at radius 1 is 1.07 bits per heavy atom. The molecule has 29 heavy (non-hydrogen) atoms. The van der Waals surface area contributed by atoms with Crippen molar-refractivity contribution in [3.05, 3.63) is 54.6 Å². The van der Waals surface area contributed by atoms with Crippen molar-refractivity contribution < 1.29 is 23.2 Å². The van der Waals surface area contributed by atoms with Gasteiger partial charge in [0.15, 0.2) is 0 Å². The predicted molar refractivity (Wildman–Crippen MR) is 107 cm³/mol. The van der Waals surface area contributed by atoms with Gasteiger partial charge >= 0.3 is 0 Å².